The van der Waals surface area contributed by atoms with Gasteiger partial charge in [0, 0.05) is 24.6 Å². The third-order valence-corrected chi connectivity index (χ3v) is 6.52. The molecule has 1 aliphatic rings. The molecule has 5 rings (SSSR count). The molecular weight excluding hydrogens is 410 g/mol. The number of benzene rings is 1. The van der Waals surface area contributed by atoms with E-state index in [0.717, 1.165) is 16.6 Å². The Kier molecular flexibility index (Phi) is 4.65. The van der Waals surface area contributed by atoms with Crippen LogP contribution in [0.15, 0.2) is 36.1 Å². The number of halogens is 2. The minimum absolute atomic E-state index is 0.0693. The molecule has 154 valence electrons. The van der Waals surface area contributed by atoms with Crippen LogP contribution in [-0.4, -0.2) is 48.5 Å². The summed E-state index contributed by atoms with van der Waals surface area (Å²) < 4.78 is 29.2. The quantitative estimate of drug-likeness (QED) is 0.494. The van der Waals surface area contributed by atoms with Crippen LogP contribution in [-0.2, 0) is 0 Å². The monoisotopic (exact) mass is 428 g/mol. The Hall–Kier alpha value is -3.01. The van der Waals surface area contributed by atoms with Crippen molar-refractivity contribution in [2.24, 2.45) is 5.92 Å². The molecule has 0 N–H and O–H groups in total. The summed E-state index contributed by atoms with van der Waals surface area (Å²) in [7, 11) is 0. The Labute approximate surface area is 174 Å². The van der Waals surface area contributed by atoms with Crippen molar-refractivity contribution in [3.05, 3.63) is 53.1 Å². The molecule has 1 saturated heterocycles. The number of carbonyl (C=O) groups is 1. The van der Waals surface area contributed by atoms with Gasteiger partial charge in [-0.3, -0.25) is 4.79 Å². The molecule has 0 spiro atoms. The molecule has 1 fully saturated rings. The van der Waals surface area contributed by atoms with E-state index in [-0.39, 0.29) is 29.2 Å². The van der Waals surface area contributed by atoms with E-state index in [2.05, 4.69) is 27.0 Å². The highest BCUT2D eigenvalue weighted by Gasteiger charge is 2.33. The van der Waals surface area contributed by atoms with Crippen LogP contribution in [0.4, 0.5) is 8.78 Å². The van der Waals surface area contributed by atoms with Gasteiger partial charge in [0.15, 0.2) is 0 Å². The van der Waals surface area contributed by atoms with Gasteiger partial charge >= 0.3 is 0 Å². The lowest BCUT2D eigenvalue weighted by Crippen LogP contribution is -2.42. The highest BCUT2D eigenvalue weighted by molar-refractivity contribution is 7.16. The third-order valence-electron chi connectivity index (χ3n) is 5.73. The van der Waals surface area contributed by atoms with E-state index in [9.17, 15) is 13.6 Å². The molecule has 30 heavy (non-hydrogen) atoms. The van der Waals surface area contributed by atoms with E-state index >= 15 is 0 Å². The van der Waals surface area contributed by atoms with Gasteiger partial charge in [0.05, 0.1) is 21.4 Å². The zero-order chi connectivity index (χ0) is 20.8. The first-order valence-corrected chi connectivity index (χ1v) is 10.5. The van der Waals surface area contributed by atoms with Crippen LogP contribution in [0.2, 0.25) is 0 Å². The van der Waals surface area contributed by atoms with E-state index < -0.39 is 6.43 Å². The molecule has 0 aliphatic carbocycles. The third kappa shape index (κ3) is 3.20. The lowest BCUT2D eigenvalue weighted by molar-refractivity contribution is 0.0665. The number of carbonyl (C=O) groups excluding carboxylic acids is 1. The predicted molar refractivity (Wildman–Crippen MR) is 108 cm³/mol. The van der Waals surface area contributed by atoms with Crippen LogP contribution < -0.4 is 0 Å². The van der Waals surface area contributed by atoms with Crippen molar-refractivity contribution >= 4 is 33.2 Å². The molecule has 0 bridgehead atoms. The smallest absolute Gasteiger partial charge is 0.280 e. The molecule has 1 unspecified atom stereocenters. The van der Waals surface area contributed by atoms with E-state index in [4.69, 9.17) is 0 Å². The molecule has 1 amide bonds. The van der Waals surface area contributed by atoms with Gasteiger partial charge in [-0.15, -0.1) is 11.3 Å². The molecular formula is C20H18F2N6OS. The zero-order valence-corrected chi connectivity index (χ0v) is 16.9. The second-order valence-electron chi connectivity index (χ2n) is 7.54. The summed E-state index contributed by atoms with van der Waals surface area (Å²) in [5.74, 6) is 0.118. The van der Waals surface area contributed by atoms with Crippen molar-refractivity contribution in [3.8, 4) is 0 Å². The second-order valence-corrected chi connectivity index (χ2v) is 8.42. The first kappa shape index (κ1) is 19.0. The van der Waals surface area contributed by atoms with Crippen molar-refractivity contribution in [2.45, 2.75) is 25.7 Å². The van der Waals surface area contributed by atoms with Crippen molar-refractivity contribution in [1.29, 1.82) is 0 Å². The summed E-state index contributed by atoms with van der Waals surface area (Å²) in [5.41, 5.74) is 3.51. The maximum atomic E-state index is 13.4. The number of thiazole rings is 1. The number of rotatable bonds is 3. The number of nitrogens with zero attached hydrogens (tertiary/aromatic N) is 6. The summed E-state index contributed by atoms with van der Waals surface area (Å²) in [6, 6.07) is 6.89. The van der Waals surface area contributed by atoms with Crippen LogP contribution >= 0.6 is 11.3 Å². The number of piperidine rings is 1. The summed E-state index contributed by atoms with van der Waals surface area (Å²) in [4.78, 5) is 27.1. The Balaban J connectivity index is 1.48. The van der Waals surface area contributed by atoms with Crippen molar-refractivity contribution < 1.29 is 13.6 Å². The molecule has 0 radical (unpaired) electrons. The molecule has 0 saturated carbocycles. The molecule has 4 heterocycles. The second kappa shape index (κ2) is 7.35. The van der Waals surface area contributed by atoms with Crippen LogP contribution in [0.1, 0.15) is 47.4 Å². The average molecular weight is 428 g/mol. The Bertz CT molecular complexity index is 1240. The van der Waals surface area contributed by atoms with E-state index in [1.807, 2.05) is 12.1 Å². The number of aromatic nitrogens is 5. The topological polar surface area (TPSA) is 76.3 Å². The average Bonchev–Trinajstić information content (AvgIpc) is 3.41. The Morgan fingerprint density at radius 1 is 1.27 bits per heavy atom. The number of hydrogen-bond donors (Lipinski definition) is 0. The molecule has 2 atom stereocenters. The van der Waals surface area contributed by atoms with Gasteiger partial charge in [-0.1, -0.05) is 6.92 Å². The summed E-state index contributed by atoms with van der Waals surface area (Å²) >= 11 is 1.49. The van der Waals surface area contributed by atoms with Gasteiger partial charge in [-0.05, 0) is 36.6 Å². The maximum Gasteiger partial charge on any atom is 0.280 e. The fraction of sp³-hybridized carbons (Fsp3) is 0.350. The lowest BCUT2D eigenvalue weighted by Gasteiger charge is -2.37. The van der Waals surface area contributed by atoms with Crippen LogP contribution in [0.25, 0.3) is 16.0 Å². The molecule has 1 aromatic carbocycles. The number of alkyl halides is 2. The maximum absolute atomic E-state index is 13.4. The Morgan fingerprint density at radius 2 is 2.13 bits per heavy atom. The zero-order valence-electron chi connectivity index (χ0n) is 16.1. The van der Waals surface area contributed by atoms with Gasteiger partial charge in [-0.2, -0.15) is 10.1 Å². The predicted octanol–water partition coefficient (Wildman–Crippen LogP) is 3.94. The van der Waals surface area contributed by atoms with Crippen LogP contribution in [0.3, 0.4) is 0 Å². The minimum Gasteiger partial charge on any atom is -0.338 e. The van der Waals surface area contributed by atoms with Gasteiger partial charge in [0.2, 0.25) is 0 Å². The van der Waals surface area contributed by atoms with Gasteiger partial charge in [-0.25, -0.2) is 23.3 Å². The highest BCUT2D eigenvalue weighted by atomic mass is 32.1. The first-order chi connectivity index (χ1) is 14.5. The van der Waals surface area contributed by atoms with Crippen molar-refractivity contribution in [1.82, 2.24) is 29.5 Å². The van der Waals surface area contributed by atoms with Crippen LogP contribution in [0, 0.1) is 5.92 Å². The van der Waals surface area contributed by atoms with E-state index in [0.29, 0.717) is 24.3 Å². The largest absolute Gasteiger partial charge is 0.338 e. The molecule has 1 aliphatic heterocycles. The summed E-state index contributed by atoms with van der Waals surface area (Å²) in [6.07, 6.45) is -0.628. The number of likely N-dealkylation sites (tertiary alicyclic amines) is 1. The van der Waals surface area contributed by atoms with E-state index in [1.54, 1.807) is 16.5 Å². The van der Waals surface area contributed by atoms with Crippen molar-refractivity contribution in [2.75, 3.05) is 13.1 Å². The van der Waals surface area contributed by atoms with Gasteiger partial charge in [0.1, 0.15) is 12.0 Å². The minimum atomic E-state index is -2.70. The summed E-state index contributed by atoms with van der Waals surface area (Å²) in [6.45, 7) is 3.11. The number of hydrogen-bond acceptors (Lipinski definition) is 6. The Morgan fingerprint density at radius 3 is 2.97 bits per heavy atom. The molecule has 10 heteroatoms. The normalized spacial score (nSPS) is 19.8. The molecule has 7 nitrogen and oxygen atoms in total. The highest BCUT2D eigenvalue weighted by Crippen LogP contribution is 2.34. The fourth-order valence-corrected chi connectivity index (χ4v) is 4.76. The fourth-order valence-electron chi connectivity index (χ4n) is 4.04. The summed E-state index contributed by atoms with van der Waals surface area (Å²) in [5, 5.41) is 4.17. The SMILES string of the molecule is CC1CCN(C(=O)c2ccc3ncsc3c2)C[C@H]1c1cc(C(F)F)nc2ncnn12. The number of fused-ring (bicyclic) bond motifs is 2. The molecule has 3 aromatic heterocycles. The standard InChI is InChI=1S/C20H18F2N6OS/c1-11-4-5-27(19(29)12-2-3-14-17(6-12)30-10-24-14)8-13(11)16-7-15(18(21)22)26-20-23-9-25-28(16)20/h2-3,6-7,9-11,13,18H,4-5,8H2,1H3/t11?,13-/m1/s1. The first-order valence-electron chi connectivity index (χ1n) is 9.62. The number of amides is 1. The lowest BCUT2D eigenvalue weighted by atomic mass is 9.84. The van der Waals surface area contributed by atoms with Crippen molar-refractivity contribution in [3.63, 3.8) is 0 Å². The van der Waals surface area contributed by atoms with Crippen LogP contribution in [0.5, 0.6) is 0 Å². The van der Waals surface area contributed by atoms with Gasteiger partial charge < -0.3 is 4.90 Å². The molecule has 4 aromatic rings. The van der Waals surface area contributed by atoms with E-state index in [1.165, 1.54) is 28.2 Å². The van der Waals surface area contributed by atoms with Gasteiger partial charge in [0.25, 0.3) is 18.1 Å².